The Morgan fingerprint density at radius 2 is 2.08 bits per heavy atom. The summed E-state index contributed by atoms with van der Waals surface area (Å²) < 4.78 is 35.4. The van der Waals surface area contributed by atoms with Gasteiger partial charge in [-0.1, -0.05) is 25.0 Å². The van der Waals surface area contributed by atoms with Gasteiger partial charge in [0.1, 0.15) is 0 Å². The van der Waals surface area contributed by atoms with Gasteiger partial charge in [0.2, 0.25) is 0 Å². The summed E-state index contributed by atoms with van der Waals surface area (Å²) in [4.78, 5) is 4.14. The van der Waals surface area contributed by atoms with E-state index in [9.17, 15) is 8.78 Å². The van der Waals surface area contributed by atoms with Crippen LogP contribution in [-0.4, -0.2) is 32.8 Å². The van der Waals surface area contributed by atoms with Crippen molar-refractivity contribution < 1.29 is 18.3 Å². The molecule has 1 aromatic rings. The van der Waals surface area contributed by atoms with Gasteiger partial charge in [-0.3, -0.25) is 4.99 Å². The molecule has 0 aliphatic heterocycles. The maximum atomic E-state index is 12.7. The number of halogens is 3. The molecule has 2 N–H and O–H groups in total. The van der Waals surface area contributed by atoms with Crippen molar-refractivity contribution in [1.29, 1.82) is 0 Å². The highest BCUT2D eigenvalue weighted by atomic mass is 127. The van der Waals surface area contributed by atoms with Gasteiger partial charge >= 0.3 is 6.61 Å². The highest BCUT2D eigenvalue weighted by molar-refractivity contribution is 14.0. The van der Waals surface area contributed by atoms with Crippen LogP contribution in [0.4, 0.5) is 8.78 Å². The molecule has 1 aliphatic carbocycles. The highest BCUT2D eigenvalue weighted by Gasteiger charge is 2.20. The third-order valence-electron chi connectivity index (χ3n) is 3.78. The predicted octanol–water partition coefficient (Wildman–Crippen LogP) is 3.77. The summed E-state index contributed by atoms with van der Waals surface area (Å²) in [5.74, 6) is 1.86. The zero-order chi connectivity index (χ0) is 17.4. The van der Waals surface area contributed by atoms with Crippen molar-refractivity contribution in [3.63, 3.8) is 0 Å². The minimum absolute atomic E-state index is 0. The third-order valence-corrected chi connectivity index (χ3v) is 3.78. The second kappa shape index (κ2) is 11.3. The summed E-state index contributed by atoms with van der Waals surface area (Å²) in [6.45, 7) is 0.431. The first-order valence-corrected chi connectivity index (χ1v) is 8.28. The molecular weight excluding hydrogens is 443 g/mol. The second-order valence-corrected chi connectivity index (χ2v) is 5.64. The number of aliphatic imine (C=N–C) groups is 1. The highest BCUT2D eigenvalue weighted by Crippen LogP contribution is 2.33. The van der Waals surface area contributed by atoms with Gasteiger partial charge in [0.15, 0.2) is 17.5 Å². The van der Waals surface area contributed by atoms with Crippen molar-refractivity contribution in [2.75, 3.05) is 20.2 Å². The number of ether oxygens (including phenoxy) is 2. The first-order valence-electron chi connectivity index (χ1n) is 8.28. The van der Waals surface area contributed by atoms with E-state index in [-0.39, 0.29) is 29.7 Å². The zero-order valence-electron chi connectivity index (χ0n) is 14.6. The maximum absolute atomic E-state index is 12.7. The topological polar surface area (TPSA) is 54.9 Å². The first-order chi connectivity index (χ1) is 11.6. The van der Waals surface area contributed by atoms with Gasteiger partial charge < -0.3 is 20.1 Å². The van der Waals surface area contributed by atoms with Crippen LogP contribution in [0.5, 0.6) is 11.5 Å². The molecule has 0 spiro atoms. The Morgan fingerprint density at radius 3 is 2.68 bits per heavy atom. The van der Waals surface area contributed by atoms with E-state index in [0.717, 1.165) is 18.9 Å². The van der Waals surface area contributed by atoms with Crippen LogP contribution in [0.15, 0.2) is 23.2 Å². The van der Waals surface area contributed by atoms with Crippen LogP contribution in [0, 0.1) is 5.92 Å². The lowest BCUT2D eigenvalue weighted by Gasteiger charge is -2.17. The molecule has 0 aromatic heterocycles. The summed E-state index contributed by atoms with van der Waals surface area (Å²) in [6.07, 6.45) is 3.75. The Bertz CT molecular complexity index is 555. The lowest BCUT2D eigenvalue weighted by atomic mass is 10.2. The fourth-order valence-corrected chi connectivity index (χ4v) is 2.39. The van der Waals surface area contributed by atoms with E-state index < -0.39 is 6.61 Å². The molecule has 1 aliphatic rings. The van der Waals surface area contributed by atoms with Crippen molar-refractivity contribution in [2.24, 2.45) is 10.9 Å². The van der Waals surface area contributed by atoms with Gasteiger partial charge in [-0.2, -0.15) is 8.78 Å². The molecule has 1 fully saturated rings. The Labute approximate surface area is 164 Å². The van der Waals surface area contributed by atoms with Gasteiger partial charge in [-0.15, -0.1) is 24.0 Å². The zero-order valence-corrected chi connectivity index (χ0v) is 16.9. The Morgan fingerprint density at radius 1 is 1.32 bits per heavy atom. The molecule has 0 amide bonds. The maximum Gasteiger partial charge on any atom is 0.387 e. The van der Waals surface area contributed by atoms with Gasteiger partial charge in [0.05, 0.1) is 6.61 Å². The van der Waals surface area contributed by atoms with Crippen LogP contribution in [0.25, 0.3) is 0 Å². The number of nitrogens with zero attached hydrogens (tertiary/aromatic N) is 1. The molecule has 1 aromatic carbocycles. The number of guanidine groups is 1. The normalized spacial score (nSPS) is 14.0. The predicted molar refractivity (Wildman–Crippen MR) is 105 cm³/mol. The Kier molecular flexibility index (Phi) is 9.84. The molecule has 0 radical (unpaired) electrons. The van der Waals surface area contributed by atoms with Crippen LogP contribution in [0.2, 0.25) is 0 Å². The molecule has 8 heteroatoms. The van der Waals surface area contributed by atoms with Crippen LogP contribution >= 0.6 is 24.0 Å². The minimum Gasteiger partial charge on any atom is -0.490 e. The smallest absolute Gasteiger partial charge is 0.387 e. The average molecular weight is 469 g/mol. The van der Waals surface area contributed by atoms with E-state index in [0.29, 0.717) is 30.4 Å². The van der Waals surface area contributed by atoms with Crippen molar-refractivity contribution in [3.8, 4) is 11.5 Å². The summed E-state index contributed by atoms with van der Waals surface area (Å²) in [5.41, 5.74) is 0.589. The van der Waals surface area contributed by atoms with Gasteiger partial charge in [0.25, 0.3) is 0 Å². The van der Waals surface area contributed by atoms with Crippen LogP contribution in [0.3, 0.4) is 0 Å². The Hall–Kier alpha value is -1.32. The number of hydrogen-bond donors (Lipinski definition) is 2. The number of nitrogens with one attached hydrogen (secondary N) is 2. The summed E-state index contributed by atoms with van der Waals surface area (Å²) in [5, 5.41) is 6.35. The van der Waals surface area contributed by atoms with Crippen molar-refractivity contribution >= 4 is 29.9 Å². The molecule has 0 heterocycles. The first kappa shape index (κ1) is 21.7. The van der Waals surface area contributed by atoms with E-state index in [1.807, 2.05) is 0 Å². The lowest BCUT2D eigenvalue weighted by Crippen LogP contribution is -2.37. The van der Waals surface area contributed by atoms with Crippen molar-refractivity contribution in [3.05, 3.63) is 23.8 Å². The van der Waals surface area contributed by atoms with Crippen LogP contribution in [-0.2, 0) is 6.54 Å². The van der Waals surface area contributed by atoms with E-state index in [2.05, 4.69) is 20.4 Å². The van der Waals surface area contributed by atoms with Gasteiger partial charge in [-0.05, 0) is 25.3 Å². The second-order valence-electron chi connectivity index (χ2n) is 5.64. The molecule has 142 valence electrons. The largest absolute Gasteiger partial charge is 0.490 e. The number of para-hydroxylation sites is 1. The molecular formula is C17H26F2IN3O2. The fraction of sp³-hybridized carbons (Fsp3) is 0.588. The quantitative estimate of drug-likeness (QED) is 0.329. The molecule has 0 atom stereocenters. The van der Waals surface area contributed by atoms with Crippen molar-refractivity contribution in [2.45, 2.75) is 39.3 Å². The summed E-state index contributed by atoms with van der Waals surface area (Å²) in [7, 11) is 1.68. The number of alkyl halides is 2. The fourth-order valence-electron chi connectivity index (χ4n) is 2.39. The minimum atomic E-state index is -2.90. The lowest BCUT2D eigenvalue weighted by molar-refractivity contribution is -0.0520. The SMILES string of the molecule is CCOc1cccc(CNC(=NC)NCCC2CC2)c1OC(F)F.I. The molecule has 1 saturated carbocycles. The number of benzene rings is 1. The van der Waals surface area contributed by atoms with E-state index in [1.165, 1.54) is 12.8 Å². The van der Waals surface area contributed by atoms with Gasteiger partial charge in [-0.25, -0.2) is 0 Å². The molecule has 0 saturated heterocycles. The third kappa shape index (κ3) is 7.62. The monoisotopic (exact) mass is 469 g/mol. The molecule has 0 bridgehead atoms. The van der Waals surface area contributed by atoms with E-state index in [4.69, 9.17) is 4.74 Å². The molecule has 5 nitrogen and oxygen atoms in total. The standard InChI is InChI=1S/C17H25F2N3O2.HI/c1-3-23-14-6-4-5-13(15(14)24-16(18)19)11-22-17(20-2)21-10-9-12-7-8-12;/h4-6,12,16H,3,7-11H2,1-2H3,(H2,20,21,22);1H. The summed E-state index contributed by atoms with van der Waals surface area (Å²) in [6, 6.07) is 5.10. The number of rotatable bonds is 9. The van der Waals surface area contributed by atoms with E-state index in [1.54, 1.807) is 32.2 Å². The van der Waals surface area contributed by atoms with Gasteiger partial charge in [0, 0.05) is 25.7 Å². The molecule has 25 heavy (non-hydrogen) atoms. The summed E-state index contributed by atoms with van der Waals surface area (Å²) >= 11 is 0. The van der Waals surface area contributed by atoms with Crippen LogP contribution < -0.4 is 20.1 Å². The molecule has 2 rings (SSSR count). The Balaban J connectivity index is 0.00000312. The molecule has 0 unspecified atom stereocenters. The average Bonchev–Trinajstić information content (AvgIpc) is 3.37. The van der Waals surface area contributed by atoms with E-state index >= 15 is 0 Å². The number of hydrogen-bond acceptors (Lipinski definition) is 3. The van der Waals surface area contributed by atoms with Crippen molar-refractivity contribution in [1.82, 2.24) is 10.6 Å². The van der Waals surface area contributed by atoms with Crippen LogP contribution in [0.1, 0.15) is 31.7 Å².